The van der Waals surface area contributed by atoms with Crippen LogP contribution < -0.4 is 48.7 Å². The molecule has 3 fully saturated rings. The molecule has 0 aromatic heterocycles. The van der Waals surface area contributed by atoms with E-state index in [1.165, 1.54) is 31.2 Å². The van der Waals surface area contributed by atoms with E-state index in [1.807, 2.05) is 0 Å². The largest absolute Gasteiger partial charge is 0.508 e. The van der Waals surface area contributed by atoms with Gasteiger partial charge in [-0.1, -0.05) is 12.1 Å². The molecular weight excluding hydrogens is 1120 g/mol. The van der Waals surface area contributed by atoms with Gasteiger partial charge in [0.1, 0.15) is 72.2 Å². The zero-order chi connectivity index (χ0) is 61.3. The van der Waals surface area contributed by atoms with Crippen LogP contribution in [-0.2, 0) is 68.2 Å². The van der Waals surface area contributed by atoms with Gasteiger partial charge in [0.05, 0.1) is 45.2 Å². The van der Waals surface area contributed by atoms with E-state index < -0.39 is 185 Å². The number of likely N-dealkylation sites (tertiary alicyclic amines) is 3. The van der Waals surface area contributed by atoms with Crippen molar-refractivity contribution in [3.63, 3.8) is 0 Å². The Bertz CT molecular complexity index is 2520. The number of nitrogens with two attached hydrogens (primary N) is 2. The van der Waals surface area contributed by atoms with Crippen LogP contribution >= 0.6 is 7.82 Å². The molecule has 11 amide bonds. The SMILES string of the molecule is C[C@@H](O)[C@H](N)C(=O)N[C@@H](CO)C(=O)N1CCC[C@H]1C(=O)N[C@@H](CO)C(=O)N[C@@H](Cc1ccc(O)cc1)C(=O)N[C@@H](CO)C(=O)N1CCC[C@H]1C(=O)N[C@H](C(=O)N[C@@H](COP(=O)(O)O)C(=O)N1CCC[C@H]1C(=O)N[C@@H](CO)C(N)=O)[C@@H](C)O. The first-order valence-electron chi connectivity index (χ1n) is 25.9. The Morgan fingerprint density at radius 1 is 0.561 bits per heavy atom. The molecule has 34 nitrogen and oxygen atoms in total. The maximum Gasteiger partial charge on any atom is 0.469 e. The first-order valence-corrected chi connectivity index (χ1v) is 27.5. The average molecular weight is 1190 g/mol. The Hall–Kier alpha value is -6.98. The number of rotatable bonds is 29. The summed E-state index contributed by atoms with van der Waals surface area (Å²) in [5.74, 6) is -11.9. The summed E-state index contributed by atoms with van der Waals surface area (Å²) < 4.78 is 16.2. The molecule has 0 aliphatic carbocycles. The number of carbonyl (C=O) groups excluding carboxylic acids is 11. The molecule has 3 aliphatic heterocycles. The van der Waals surface area contributed by atoms with Gasteiger partial charge in [-0.15, -0.1) is 0 Å². The van der Waals surface area contributed by atoms with E-state index >= 15 is 0 Å². The Balaban J connectivity index is 1.49. The lowest BCUT2D eigenvalue weighted by molar-refractivity contribution is -0.145. The van der Waals surface area contributed by atoms with Crippen LogP contribution in [0.4, 0.5) is 0 Å². The second-order valence-corrected chi connectivity index (χ2v) is 21.0. The minimum absolute atomic E-state index is 0.00123. The molecule has 35 heteroatoms. The van der Waals surface area contributed by atoms with Crippen molar-refractivity contribution in [1.82, 2.24) is 51.9 Å². The fourth-order valence-electron chi connectivity index (χ4n) is 9.19. The highest BCUT2D eigenvalue weighted by Gasteiger charge is 2.44. The highest BCUT2D eigenvalue weighted by atomic mass is 31.2. The van der Waals surface area contributed by atoms with E-state index in [0.29, 0.717) is 5.56 Å². The van der Waals surface area contributed by atoms with Gasteiger partial charge < -0.3 is 109 Å². The van der Waals surface area contributed by atoms with Gasteiger partial charge in [-0.2, -0.15) is 0 Å². The zero-order valence-corrected chi connectivity index (χ0v) is 45.6. The van der Waals surface area contributed by atoms with Crippen LogP contribution in [0, 0.1) is 0 Å². The summed E-state index contributed by atoms with van der Waals surface area (Å²) in [6.45, 7) is -3.26. The Morgan fingerprint density at radius 2 is 0.951 bits per heavy atom. The van der Waals surface area contributed by atoms with Crippen LogP contribution in [0.15, 0.2) is 24.3 Å². The van der Waals surface area contributed by atoms with Crippen LogP contribution in [-0.4, -0.2) is 257 Å². The number of benzene rings is 1. The number of phosphoric ester groups is 1. The normalized spacial score (nSPS) is 20.8. The number of phenols is 1. The van der Waals surface area contributed by atoms with Gasteiger partial charge in [-0.05, 0) is 70.1 Å². The number of nitrogens with zero attached hydrogens (tertiary/aromatic N) is 3. The number of hydrogen-bond acceptors (Lipinski definition) is 21. The summed E-state index contributed by atoms with van der Waals surface area (Å²) in [6.07, 6.45) is -2.93. The Labute approximate surface area is 468 Å². The van der Waals surface area contributed by atoms with Gasteiger partial charge in [0.15, 0.2) is 0 Å². The van der Waals surface area contributed by atoms with Gasteiger partial charge in [0, 0.05) is 26.1 Å². The molecule has 458 valence electrons. The van der Waals surface area contributed by atoms with Gasteiger partial charge in [0.2, 0.25) is 65.0 Å². The van der Waals surface area contributed by atoms with Crippen molar-refractivity contribution in [1.29, 1.82) is 0 Å². The summed E-state index contributed by atoms with van der Waals surface area (Å²) in [7, 11) is -5.34. The van der Waals surface area contributed by atoms with Crippen molar-refractivity contribution in [2.45, 2.75) is 137 Å². The molecule has 20 N–H and O–H groups in total. The summed E-state index contributed by atoms with van der Waals surface area (Å²) in [4.78, 5) is 170. The third-order valence-electron chi connectivity index (χ3n) is 13.7. The smallest absolute Gasteiger partial charge is 0.469 e. The number of amides is 11. The minimum atomic E-state index is -5.34. The molecule has 0 spiro atoms. The van der Waals surface area contributed by atoms with Crippen LogP contribution in [0.3, 0.4) is 0 Å². The maximum atomic E-state index is 14.1. The lowest BCUT2D eigenvalue weighted by Gasteiger charge is -2.32. The summed E-state index contributed by atoms with van der Waals surface area (Å²) in [5.41, 5.74) is 11.1. The number of primary amides is 1. The number of aliphatic hydroxyl groups excluding tert-OH is 6. The summed E-state index contributed by atoms with van der Waals surface area (Å²) in [5, 5.41) is 86.3. The van der Waals surface area contributed by atoms with Crippen molar-refractivity contribution >= 4 is 72.8 Å². The topological polar surface area (TPSA) is 542 Å². The summed E-state index contributed by atoms with van der Waals surface area (Å²) in [6, 6.07) is -12.6. The molecule has 1 aromatic carbocycles. The quantitative estimate of drug-likeness (QED) is 0.0331. The van der Waals surface area contributed by atoms with Crippen LogP contribution in [0.1, 0.15) is 57.9 Å². The van der Waals surface area contributed by atoms with E-state index in [4.69, 9.17) is 11.5 Å². The first-order chi connectivity index (χ1) is 38.6. The third kappa shape index (κ3) is 18.5. The molecule has 4 rings (SSSR count). The van der Waals surface area contributed by atoms with Gasteiger partial charge in [0.25, 0.3) is 0 Å². The van der Waals surface area contributed by atoms with Crippen molar-refractivity contribution in [3.05, 3.63) is 29.8 Å². The van der Waals surface area contributed by atoms with Gasteiger partial charge >= 0.3 is 7.82 Å². The minimum Gasteiger partial charge on any atom is -0.508 e. The molecule has 0 saturated carbocycles. The molecule has 3 saturated heterocycles. The lowest BCUT2D eigenvalue weighted by atomic mass is 10.0. The molecule has 13 atom stereocenters. The third-order valence-corrected chi connectivity index (χ3v) is 14.2. The predicted octanol–water partition coefficient (Wildman–Crippen LogP) is -10.0. The Morgan fingerprint density at radius 3 is 1.37 bits per heavy atom. The number of nitrogens with one attached hydrogen (secondary N) is 7. The van der Waals surface area contributed by atoms with E-state index in [0.717, 1.165) is 21.6 Å². The molecule has 1 aromatic rings. The molecular formula is C47H73N12O22P. The highest BCUT2D eigenvalue weighted by molar-refractivity contribution is 7.46. The summed E-state index contributed by atoms with van der Waals surface area (Å²) >= 11 is 0. The van der Waals surface area contributed by atoms with Crippen molar-refractivity contribution in [3.8, 4) is 5.75 Å². The van der Waals surface area contributed by atoms with Gasteiger partial charge in [-0.25, -0.2) is 4.57 Å². The van der Waals surface area contributed by atoms with E-state index in [2.05, 4.69) is 41.7 Å². The highest BCUT2D eigenvalue weighted by Crippen LogP contribution is 2.36. The molecule has 3 aliphatic rings. The van der Waals surface area contributed by atoms with Crippen LogP contribution in [0.2, 0.25) is 0 Å². The second kappa shape index (κ2) is 30.9. The average Bonchev–Trinajstić information content (AvgIpc) is 4.37. The number of phenolic OH excluding ortho intramolecular Hbond substituents is 1. The van der Waals surface area contributed by atoms with Crippen LogP contribution in [0.5, 0.6) is 5.75 Å². The molecule has 0 radical (unpaired) electrons. The van der Waals surface area contributed by atoms with Crippen LogP contribution in [0.25, 0.3) is 0 Å². The number of aromatic hydroxyl groups is 1. The fraction of sp³-hybridized carbons (Fsp3) is 0.638. The van der Waals surface area contributed by atoms with E-state index in [1.54, 1.807) is 0 Å². The number of hydrogen-bond donors (Lipinski definition) is 18. The molecule has 82 heavy (non-hydrogen) atoms. The lowest BCUT2D eigenvalue weighted by Crippen LogP contribution is -2.62. The maximum absolute atomic E-state index is 14.1. The predicted molar refractivity (Wildman–Crippen MR) is 276 cm³/mol. The fourth-order valence-corrected chi connectivity index (χ4v) is 9.53. The number of phosphoric acid groups is 1. The number of aliphatic hydroxyl groups is 6. The number of carbonyl (C=O) groups is 11. The molecule has 3 heterocycles. The van der Waals surface area contributed by atoms with E-state index in [9.17, 15) is 103 Å². The monoisotopic (exact) mass is 1190 g/mol. The zero-order valence-electron chi connectivity index (χ0n) is 44.7. The standard InChI is InChI=1S/C47H73N12O22P/c1-22(64)35(48)43(73)54-30(20-63)46(76)57-13-3-7-33(57)41(71)52-28(18-61)39(69)50-26(16-24-9-11-25(66)12-10-24)38(68)53-29(19-62)45(75)58-14-5-8-34(58)42(72)56-36(23(2)65)44(74)55-31(21-81-82(78,79)80)47(77)59-15-4-6-32(59)40(70)51-27(17-60)37(49)67/h9-12,22-23,26-36,60-66H,3-8,13-21,48H2,1-2H3,(H2,49,67)(H,50,69)(H,51,70)(H,52,71)(H,53,68)(H,54,73)(H,55,74)(H,56,72)(H2,78,79,80)/t22-,23-,26+,27+,28+,29+,30+,31+,32+,33+,34+,35+,36+/m1/s1. The van der Waals surface area contributed by atoms with Crippen molar-refractivity contribution in [2.75, 3.05) is 52.7 Å². The molecule has 0 unspecified atom stereocenters. The Kier molecular flexibility index (Phi) is 25.4. The van der Waals surface area contributed by atoms with Gasteiger partial charge in [-0.3, -0.25) is 57.3 Å². The first kappa shape index (κ1) is 67.5. The second-order valence-electron chi connectivity index (χ2n) is 19.7. The van der Waals surface area contributed by atoms with Crippen molar-refractivity contribution < 1.29 is 107 Å². The molecule has 0 bridgehead atoms. The van der Waals surface area contributed by atoms with E-state index in [-0.39, 0.29) is 70.3 Å². The van der Waals surface area contributed by atoms with Crippen molar-refractivity contribution in [2.24, 2.45) is 11.5 Å².